The van der Waals surface area contributed by atoms with Crippen molar-refractivity contribution in [1.82, 2.24) is 25.1 Å². The molecule has 3 aromatic heterocycles. The van der Waals surface area contributed by atoms with Crippen LogP contribution in [0.2, 0.25) is 0 Å². The summed E-state index contributed by atoms with van der Waals surface area (Å²) in [5.41, 5.74) is 1.07. The fraction of sp³-hybridized carbons (Fsp3) is 0.222. The van der Waals surface area contributed by atoms with Gasteiger partial charge in [-0.3, -0.25) is 0 Å². The van der Waals surface area contributed by atoms with Crippen molar-refractivity contribution >= 4 is 23.1 Å². The lowest BCUT2D eigenvalue weighted by Gasteiger charge is -2.07. The zero-order valence-corrected chi connectivity index (χ0v) is 16.9. The van der Waals surface area contributed by atoms with E-state index in [1.54, 1.807) is 18.4 Å². The molecule has 10 heteroatoms. The molecular weight excluding hydrogens is 396 g/mol. The Balaban J connectivity index is 1.45. The molecule has 1 atom stereocenters. The summed E-state index contributed by atoms with van der Waals surface area (Å²) in [5, 5.41) is 19.1. The summed E-state index contributed by atoms with van der Waals surface area (Å²) in [6.07, 6.45) is 0.575. The van der Waals surface area contributed by atoms with Crippen LogP contribution in [0.1, 0.15) is 29.5 Å². The van der Waals surface area contributed by atoms with E-state index in [1.807, 2.05) is 48.7 Å². The van der Waals surface area contributed by atoms with E-state index < -0.39 is 0 Å². The van der Waals surface area contributed by atoms with Crippen LogP contribution in [0.15, 0.2) is 51.4 Å². The number of benzene rings is 1. The van der Waals surface area contributed by atoms with Crippen LogP contribution < -0.4 is 10.6 Å². The fourth-order valence-electron chi connectivity index (χ4n) is 2.54. The van der Waals surface area contributed by atoms with Crippen LogP contribution in [-0.4, -0.2) is 32.2 Å². The molecule has 0 radical (unpaired) electrons. The molecule has 28 heavy (non-hydrogen) atoms. The van der Waals surface area contributed by atoms with Crippen molar-refractivity contribution in [2.24, 2.45) is 0 Å². The number of nitrogen functional groups attached to an aromatic ring is 1. The van der Waals surface area contributed by atoms with Crippen molar-refractivity contribution in [3.8, 4) is 16.5 Å². The lowest BCUT2D eigenvalue weighted by molar-refractivity contribution is 0.414. The molecule has 8 nitrogen and oxygen atoms in total. The minimum atomic E-state index is -0.110. The van der Waals surface area contributed by atoms with Crippen LogP contribution in [0.5, 0.6) is 5.75 Å². The second kappa shape index (κ2) is 8.03. The Labute approximate surface area is 169 Å². The first kappa shape index (κ1) is 18.5. The van der Waals surface area contributed by atoms with Crippen molar-refractivity contribution < 1.29 is 9.15 Å². The molecule has 2 N–H and O–H groups in total. The van der Waals surface area contributed by atoms with Crippen molar-refractivity contribution in [3.05, 3.63) is 59.1 Å². The average molecular weight is 415 g/mol. The quantitative estimate of drug-likeness (QED) is 0.361. The third-order valence-corrected chi connectivity index (χ3v) is 5.96. The third kappa shape index (κ3) is 3.87. The van der Waals surface area contributed by atoms with Crippen LogP contribution in [0.4, 0.5) is 0 Å². The largest absolute Gasteiger partial charge is 0.497 e. The van der Waals surface area contributed by atoms with E-state index in [1.165, 1.54) is 16.4 Å². The molecule has 0 fully saturated rings. The molecule has 0 aliphatic rings. The highest BCUT2D eigenvalue weighted by molar-refractivity contribution is 7.99. The number of thiophene rings is 1. The first-order valence-corrected chi connectivity index (χ1v) is 10.3. The number of thioether (sulfide) groups is 1. The summed E-state index contributed by atoms with van der Waals surface area (Å²) in [5.74, 6) is 8.72. The second-order valence-corrected chi connectivity index (χ2v) is 8.23. The topological polar surface area (TPSA) is 105 Å². The number of ether oxygens (including phenoxy) is 1. The Morgan fingerprint density at radius 2 is 2.00 bits per heavy atom. The smallest absolute Gasteiger partial charge is 0.257 e. The van der Waals surface area contributed by atoms with Gasteiger partial charge in [-0.2, -0.15) is 0 Å². The molecule has 0 saturated heterocycles. The maximum absolute atomic E-state index is 6.20. The molecule has 3 heterocycles. The van der Waals surface area contributed by atoms with E-state index in [4.69, 9.17) is 15.0 Å². The molecule has 1 aromatic carbocycles. The van der Waals surface area contributed by atoms with E-state index >= 15 is 0 Å². The monoisotopic (exact) mass is 414 g/mol. The van der Waals surface area contributed by atoms with Gasteiger partial charge in [0.15, 0.2) is 5.82 Å². The second-order valence-electron chi connectivity index (χ2n) is 5.98. The molecule has 4 aromatic rings. The number of nitrogens with two attached hydrogens (primary N) is 1. The van der Waals surface area contributed by atoms with Gasteiger partial charge in [-0.05, 0) is 36.1 Å². The first-order valence-electron chi connectivity index (χ1n) is 8.50. The van der Waals surface area contributed by atoms with Crippen molar-refractivity contribution in [2.45, 2.75) is 23.8 Å². The van der Waals surface area contributed by atoms with Gasteiger partial charge in [0.25, 0.3) is 5.89 Å². The van der Waals surface area contributed by atoms with E-state index in [-0.39, 0.29) is 5.25 Å². The van der Waals surface area contributed by atoms with Gasteiger partial charge in [0, 0.05) is 6.42 Å². The predicted octanol–water partition coefficient (Wildman–Crippen LogP) is 3.56. The summed E-state index contributed by atoms with van der Waals surface area (Å²) in [6, 6.07) is 11.7. The number of rotatable bonds is 7. The van der Waals surface area contributed by atoms with Crippen molar-refractivity contribution in [1.29, 1.82) is 0 Å². The molecule has 0 aliphatic carbocycles. The van der Waals surface area contributed by atoms with Gasteiger partial charge in [-0.15, -0.1) is 31.7 Å². The molecular formula is C18H18N6O2S2. The molecule has 0 amide bonds. The molecule has 0 bridgehead atoms. The first-order chi connectivity index (χ1) is 13.6. The minimum Gasteiger partial charge on any atom is -0.497 e. The van der Waals surface area contributed by atoms with E-state index in [2.05, 4.69) is 20.4 Å². The Kier molecular flexibility index (Phi) is 5.31. The lowest BCUT2D eigenvalue weighted by Crippen LogP contribution is -2.14. The fourth-order valence-corrected chi connectivity index (χ4v) is 4.00. The highest BCUT2D eigenvalue weighted by atomic mass is 32.2. The predicted molar refractivity (Wildman–Crippen MR) is 108 cm³/mol. The number of methoxy groups -OCH3 is 1. The molecule has 0 aliphatic heterocycles. The van der Waals surface area contributed by atoms with Crippen LogP contribution in [0.3, 0.4) is 0 Å². The van der Waals surface area contributed by atoms with E-state index in [0.29, 0.717) is 29.2 Å². The Morgan fingerprint density at radius 1 is 1.18 bits per heavy atom. The zero-order chi connectivity index (χ0) is 19.5. The number of hydrogen-bond donors (Lipinski definition) is 1. The van der Waals surface area contributed by atoms with Crippen molar-refractivity contribution in [3.63, 3.8) is 0 Å². The average Bonchev–Trinajstić information content (AvgIpc) is 3.46. The summed E-state index contributed by atoms with van der Waals surface area (Å²) >= 11 is 2.98. The molecule has 4 rings (SSSR count). The standard InChI is InChI=1S/C18H18N6O2S2/c1-11(16-21-22-17(26-16)14-4-3-9-27-14)28-18-23-20-15(24(18)19)10-12-5-7-13(25-2)8-6-12/h3-9,11H,10,19H2,1-2H3/t11-/m0/s1. The highest BCUT2D eigenvalue weighted by Gasteiger charge is 2.20. The van der Waals surface area contributed by atoms with Gasteiger partial charge < -0.3 is 15.0 Å². The number of aromatic nitrogens is 5. The number of nitrogens with zero attached hydrogens (tertiary/aromatic N) is 5. The van der Waals surface area contributed by atoms with Gasteiger partial charge >= 0.3 is 0 Å². The third-order valence-electron chi connectivity index (χ3n) is 4.06. The SMILES string of the molecule is COc1ccc(Cc2nnc(S[C@@H](C)c3nnc(-c4cccs4)o3)n2N)cc1. The van der Waals surface area contributed by atoms with E-state index in [9.17, 15) is 0 Å². The molecule has 0 saturated carbocycles. The molecule has 0 unspecified atom stereocenters. The summed E-state index contributed by atoms with van der Waals surface area (Å²) in [6.45, 7) is 1.97. The normalized spacial score (nSPS) is 12.2. The summed E-state index contributed by atoms with van der Waals surface area (Å²) in [7, 11) is 1.64. The molecule has 144 valence electrons. The Morgan fingerprint density at radius 3 is 2.71 bits per heavy atom. The van der Waals surface area contributed by atoms with Gasteiger partial charge in [0.2, 0.25) is 11.0 Å². The van der Waals surface area contributed by atoms with Crippen LogP contribution >= 0.6 is 23.1 Å². The summed E-state index contributed by atoms with van der Waals surface area (Å²) in [4.78, 5) is 0.944. The summed E-state index contributed by atoms with van der Waals surface area (Å²) < 4.78 is 12.5. The zero-order valence-electron chi connectivity index (χ0n) is 15.3. The van der Waals surface area contributed by atoms with E-state index in [0.717, 1.165) is 16.2 Å². The van der Waals surface area contributed by atoms with Crippen molar-refractivity contribution in [2.75, 3.05) is 13.0 Å². The van der Waals surface area contributed by atoms with Gasteiger partial charge in [0.1, 0.15) is 5.75 Å². The Bertz CT molecular complexity index is 1040. The number of hydrogen-bond acceptors (Lipinski definition) is 9. The van der Waals surface area contributed by atoms with Gasteiger partial charge in [0.05, 0.1) is 17.2 Å². The molecule has 0 spiro atoms. The van der Waals surface area contributed by atoms with Crippen LogP contribution in [0.25, 0.3) is 10.8 Å². The van der Waals surface area contributed by atoms with Crippen LogP contribution in [0, 0.1) is 0 Å². The van der Waals surface area contributed by atoms with Crippen LogP contribution in [-0.2, 0) is 6.42 Å². The Hall–Kier alpha value is -2.85. The van der Waals surface area contributed by atoms with Gasteiger partial charge in [-0.25, -0.2) is 4.68 Å². The highest BCUT2D eigenvalue weighted by Crippen LogP contribution is 2.34. The van der Waals surface area contributed by atoms with Gasteiger partial charge in [-0.1, -0.05) is 30.0 Å². The maximum Gasteiger partial charge on any atom is 0.257 e. The maximum atomic E-state index is 6.20. The minimum absolute atomic E-state index is 0.110. The lowest BCUT2D eigenvalue weighted by atomic mass is 10.1.